The van der Waals surface area contributed by atoms with Gasteiger partial charge in [-0.1, -0.05) is 24.3 Å². The first-order chi connectivity index (χ1) is 9.31. The monoisotopic (exact) mass is 279 g/mol. The fraction of sp³-hybridized carbons (Fsp3) is 0.500. The normalized spacial score (nSPS) is 19.0. The zero-order valence-corrected chi connectivity index (χ0v) is 12.1. The summed E-state index contributed by atoms with van der Waals surface area (Å²) in [7, 11) is 1.67. The first-order valence-corrected chi connectivity index (χ1v) is 7.58. The Kier molecular flexibility index (Phi) is 5.54. The van der Waals surface area contributed by atoms with Crippen molar-refractivity contribution in [1.82, 2.24) is 5.32 Å². The van der Waals surface area contributed by atoms with Gasteiger partial charge in [-0.25, -0.2) is 0 Å². The summed E-state index contributed by atoms with van der Waals surface area (Å²) in [6, 6.07) is 8.62. The Hall–Kier alpha value is -1.20. The number of rotatable bonds is 5. The number of guanidine groups is 1. The molecule has 0 saturated heterocycles. The van der Waals surface area contributed by atoms with Crippen LogP contribution in [0.3, 0.4) is 0 Å². The Balaban J connectivity index is 1.91. The standard InChI is InChI=1S/C14H21N3OS/c1-18-8-7-16-14(15)17-10-13-12-5-3-2-4-11(12)6-9-19-13/h2-5,13H,6-10H2,1H3,(H3,15,16,17). The van der Waals surface area contributed by atoms with Gasteiger partial charge in [-0.3, -0.25) is 4.99 Å². The van der Waals surface area contributed by atoms with E-state index in [-0.39, 0.29) is 0 Å². The minimum atomic E-state index is 0.424. The van der Waals surface area contributed by atoms with E-state index >= 15 is 0 Å². The summed E-state index contributed by atoms with van der Waals surface area (Å²) in [6.45, 7) is 2.06. The predicted octanol–water partition coefficient (Wildman–Crippen LogP) is 1.57. The minimum Gasteiger partial charge on any atom is -0.383 e. The topological polar surface area (TPSA) is 59.6 Å². The van der Waals surface area contributed by atoms with Gasteiger partial charge in [-0.15, -0.1) is 0 Å². The summed E-state index contributed by atoms with van der Waals surface area (Å²) in [4.78, 5) is 4.43. The van der Waals surface area contributed by atoms with E-state index < -0.39 is 0 Å². The van der Waals surface area contributed by atoms with Crippen LogP contribution in [0.1, 0.15) is 16.4 Å². The van der Waals surface area contributed by atoms with E-state index in [1.807, 2.05) is 11.8 Å². The maximum atomic E-state index is 5.83. The molecule has 0 bridgehead atoms. The SMILES string of the molecule is COCCNC(N)=NCC1SCCc2ccccc21. The zero-order chi connectivity index (χ0) is 13.5. The molecule has 4 nitrogen and oxygen atoms in total. The Bertz CT molecular complexity index is 436. The molecule has 1 aromatic carbocycles. The molecule has 3 N–H and O–H groups in total. The van der Waals surface area contributed by atoms with Crippen molar-refractivity contribution in [1.29, 1.82) is 0 Å². The van der Waals surface area contributed by atoms with Crippen LogP contribution in [-0.2, 0) is 11.2 Å². The minimum absolute atomic E-state index is 0.424. The molecule has 0 amide bonds. The average Bonchev–Trinajstić information content (AvgIpc) is 2.45. The van der Waals surface area contributed by atoms with Gasteiger partial charge in [-0.05, 0) is 23.3 Å². The van der Waals surface area contributed by atoms with Gasteiger partial charge in [0.15, 0.2) is 5.96 Å². The molecule has 1 aliphatic rings. The smallest absolute Gasteiger partial charge is 0.188 e. The molecule has 0 saturated carbocycles. The Labute approximate surface area is 118 Å². The molecular formula is C14H21N3OS. The first kappa shape index (κ1) is 14.2. The van der Waals surface area contributed by atoms with E-state index in [1.54, 1.807) is 7.11 Å². The van der Waals surface area contributed by atoms with Crippen molar-refractivity contribution in [3.05, 3.63) is 35.4 Å². The molecular weight excluding hydrogens is 258 g/mol. The lowest BCUT2D eigenvalue weighted by molar-refractivity contribution is 0.204. The van der Waals surface area contributed by atoms with Crippen LogP contribution in [0.5, 0.6) is 0 Å². The molecule has 104 valence electrons. The van der Waals surface area contributed by atoms with E-state index in [0.29, 0.717) is 24.4 Å². The van der Waals surface area contributed by atoms with Crippen LogP contribution in [0.4, 0.5) is 0 Å². The van der Waals surface area contributed by atoms with Crippen LogP contribution < -0.4 is 11.1 Å². The van der Waals surface area contributed by atoms with E-state index in [0.717, 1.165) is 18.7 Å². The zero-order valence-electron chi connectivity index (χ0n) is 11.3. The molecule has 0 fully saturated rings. The van der Waals surface area contributed by atoms with Crippen molar-refractivity contribution in [3.8, 4) is 0 Å². The summed E-state index contributed by atoms with van der Waals surface area (Å²) >= 11 is 1.96. The van der Waals surface area contributed by atoms with Crippen molar-refractivity contribution in [3.63, 3.8) is 0 Å². The van der Waals surface area contributed by atoms with Gasteiger partial charge in [0.05, 0.1) is 13.2 Å². The van der Waals surface area contributed by atoms with Crippen LogP contribution in [0.15, 0.2) is 29.3 Å². The fourth-order valence-electron chi connectivity index (χ4n) is 2.15. The quantitative estimate of drug-likeness (QED) is 0.488. The van der Waals surface area contributed by atoms with Crippen LogP contribution in [-0.4, -0.2) is 38.5 Å². The van der Waals surface area contributed by atoms with Crippen LogP contribution in [0.2, 0.25) is 0 Å². The number of aliphatic imine (C=N–C) groups is 1. The predicted molar refractivity (Wildman–Crippen MR) is 81.7 cm³/mol. The van der Waals surface area contributed by atoms with Crippen molar-refractivity contribution < 1.29 is 4.74 Å². The first-order valence-electron chi connectivity index (χ1n) is 6.53. The maximum absolute atomic E-state index is 5.83. The Morgan fingerprint density at radius 2 is 2.37 bits per heavy atom. The number of ether oxygens (including phenoxy) is 1. The number of nitrogens with one attached hydrogen (secondary N) is 1. The van der Waals surface area contributed by atoms with Crippen molar-refractivity contribution in [2.75, 3.05) is 32.6 Å². The molecule has 1 aromatic rings. The molecule has 1 atom stereocenters. The van der Waals surface area contributed by atoms with Crippen LogP contribution in [0, 0.1) is 0 Å². The third kappa shape index (κ3) is 4.14. The third-order valence-electron chi connectivity index (χ3n) is 3.13. The Morgan fingerprint density at radius 3 is 3.21 bits per heavy atom. The molecule has 5 heteroatoms. The molecule has 0 aliphatic carbocycles. The average molecular weight is 279 g/mol. The number of thioether (sulfide) groups is 1. The summed E-state index contributed by atoms with van der Waals surface area (Å²) in [5, 5.41) is 3.46. The highest BCUT2D eigenvalue weighted by molar-refractivity contribution is 7.99. The van der Waals surface area contributed by atoms with Gasteiger partial charge in [0.2, 0.25) is 0 Å². The molecule has 2 rings (SSSR count). The highest BCUT2D eigenvalue weighted by Gasteiger charge is 2.19. The number of hydrogen-bond acceptors (Lipinski definition) is 3. The number of fused-ring (bicyclic) bond motifs is 1. The molecule has 0 radical (unpaired) electrons. The highest BCUT2D eigenvalue weighted by Crippen LogP contribution is 2.36. The summed E-state index contributed by atoms with van der Waals surface area (Å²) in [6.07, 6.45) is 1.16. The number of methoxy groups -OCH3 is 1. The van der Waals surface area contributed by atoms with Gasteiger partial charge < -0.3 is 15.8 Å². The summed E-state index contributed by atoms with van der Waals surface area (Å²) in [5.74, 6) is 1.66. The Morgan fingerprint density at radius 1 is 1.53 bits per heavy atom. The van der Waals surface area contributed by atoms with Crippen molar-refractivity contribution >= 4 is 17.7 Å². The molecule has 19 heavy (non-hydrogen) atoms. The number of hydrogen-bond donors (Lipinski definition) is 2. The van der Waals surface area contributed by atoms with Crippen LogP contribution >= 0.6 is 11.8 Å². The van der Waals surface area contributed by atoms with E-state index in [1.165, 1.54) is 11.1 Å². The van der Waals surface area contributed by atoms with E-state index in [2.05, 4.69) is 34.6 Å². The van der Waals surface area contributed by atoms with Crippen molar-refractivity contribution in [2.45, 2.75) is 11.7 Å². The summed E-state index contributed by atoms with van der Waals surface area (Å²) < 4.78 is 4.96. The van der Waals surface area contributed by atoms with Gasteiger partial charge in [-0.2, -0.15) is 11.8 Å². The molecule has 0 aromatic heterocycles. The molecule has 1 heterocycles. The summed E-state index contributed by atoms with van der Waals surface area (Å²) in [5.41, 5.74) is 8.69. The fourth-order valence-corrected chi connectivity index (χ4v) is 3.36. The van der Waals surface area contributed by atoms with Gasteiger partial charge in [0.25, 0.3) is 0 Å². The second-order valence-corrected chi connectivity index (χ2v) is 5.76. The number of aryl methyl sites for hydroxylation is 1. The highest BCUT2D eigenvalue weighted by atomic mass is 32.2. The maximum Gasteiger partial charge on any atom is 0.188 e. The van der Waals surface area contributed by atoms with E-state index in [9.17, 15) is 0 Å². The second kappa shape index (κ2) is 7.40. The number of nitrogens with two attached hydrogens (primary N) is 1. The molecule has 1 aliphatic heterocycles. The number of nitrogens with zero attached hydrogens (tertiary/aromatic N) is 1. The third-order valence-corrected chi connectivity index (χ3v) is 4.38. The molecule has 0 spiro atoms. The number of benzene rings is 1. The van der Waals surface area contributed by atoms with Gasteiger partial charge in [0.1, 0.15) is 0 Å². The largest absolute Gasteiger partial charge is 0.383 e. The lowest BCUT2D eigenvalue weighted by Crippen LogP contribution is -2.34. The van der Waals surface area contributed by atoms with Gasteiger partial charge >= 0.3 is 0 Å². The van der Waals surface area contributed by atoms with E-state index in [4.69, 9.17) is 10.5 Å². The lowest BCUT2D eigenvalue weighted by Gasteiger charge is -2.23. The lowest BCUT2D eigenvalue weighted by atomic mass is 10.0. The van der Waals surface area contributed by atoms with Crippen molar-refractivity contribution in [2.24, 2.45) is 10.7 Å². The molecule has 1 unspecified atom stereocenters. The van der Waals surface area contributed by atoms with Crippen LogP contribution in [0.25, 0.3) is 0 Å². The van der Waals surface area contributed by atoms with Gasteiger partial charge in [0, 0.05) is 18.9 Å². The second-order valence-electron chi connectivity index (χ2n) is 4.45.